The van der Waals surface area contributed by atoms with Crippen LogP contribution in [0.25, 0.3) is 11.2 Å². The van der Waals surface area contributed by atoms with Gasteiger partial charge in [0.15, 0.2) is 17.0 Å². The molecular weight excluding hydrogens is 262 g/mol. The summed E-state index contributed by atoms with van der Waals surface area (Å²) in [5.74, 6) is -0.850. The first kappa shape index (κ1) is 14.5. The molecule has 20 heavy (non-hydrogen) atoms. The Labute approximate surface area is 115 Å². The van der Waals surface area contributed by atoms with Gasteiger partial charge >= 0.3 is 0 Å². The molecule has 0 aliphatic rings. The van der Waals surface area contributed by atoms with Gasteiger partial charge in [0.1, 0.15) is 0 Å². The number of anilines is 1. The smallest absolute Gasteiger partial charge is 0.281 e. The van der Waals surface area contributed by atoms with E-state index in [-0.39, 0.29) is 18.1 Å². The molecule has 0 fully saturated rings. The summed E-state index contributed by atoms with van der Waals surface area (Å²) in [4.78, 5) is 23.1. The lowest BCUT2D eigenvalue weighted by Crippen LogP contribution is -2.41. The van der Waals surface area contributed by atoms with Crippen molar-refractivity contribution in [2.24, 2.45) is 0 Å². The van der Waals surface area contributed by atoms with Crippen LogP contribution in [0.15, 0.2) is 11.1 Å². The highest BCUT2D eigenvalue weighted by molar-refractivity contribution is 5.69. The molecule has 2 heterocycles. The van der Waals surface area contributed by atoms with Crippen LogP contribution in [-0.4, -0.2) is 38.5 Å². The van der Waals surface area contributed by atoms with Gasteiger partial charge in [0.25, 0.3) is 5.56 Å². The van der Waals surface area contributed by atoms with E-state index in [1.54, 1.807) is 6.92 Å². The summed E-state index contributed by atoms with van der Waals surface area (Å²) >= 11 is 0. The topological polar surface area (TPSA) is 108 Å². The standard InChI is InChI=1S/C12H19N5O3/c1-4-19-12(3,20-5-2)6-17-10(18)8-9(15-7-14-8)16-11(17)13/h7H,4-6H2,1-3H3,(H2,13,16)(H,14,15). The fraction of sp³-hybridized carbons (Fsp3) is 0.583. The molecular formula is C12H19N5O3. The third kappa shape index (κ3) is 2.66. The Hall–Kier alpha value is -1.93. The summed E-state index contributed by atoms with van der Waals surface area (Å²) in [6, 6.07) is 0. The van der Waals surface area contributed by atoms with Crippen molar-refractivity contribution in [3.05, 3.63) is 16.7 Å². The second-order valence-electron chi connectivity index (χ2n) is 4.46. The van der Waals surface area contributed by atoms with Crippen LogP contribution in [0.5, 0.6) is 0 Å². The van der Waals surface area contributed by atoms with Crippen LogP contribution in [0.1, 0.15) is 20.8 Å². The van der Waals surface area contributed by atoms with Crippen LogP contribution >= 0.6 is 0 Å². The zero-order chi connectivity index (χ0) is 14.8. The van der Waals surface area contributed by atoms with E-state index >= 15 is 0 Å². The minimum Gasteiger partial charge on any atom is -0.369 e. The van der Waals surface area contributed by atoms with E-state index in [9.17, 15) is 4.79 Å². The summed E-state index contributed by atoms with van der Waals surface area (Å²) in [5.41, 5.74) is 6.16. The molecule has 0 radical (unpaired) electrons. The van der Waals surface area contributed by atoms with Crippen molar-refractivity contribution < 1.29 is 9.47 Å². The summed E-state index contributed by atoms with van der Waals surface area (Å²) < 4.78 is 12.5. The first-order valence-corrected chi connectivity index (χ1v) is 6.48. The Kier molecular flexibility index (Phi) is 4.05. The van der Waals surface area contributed by atoms with Crippen molar-refractivity contribution in [3.63, 3.8) is 0 Å². The number of fused-ring (bicyclic) bond motifs is 1. The lowest BCUT2D eigenvalue weighted by molar-refractivity contribution is -0.228. The van der Waals surface area contributed by atoms with Crippen LogP contribution < -0.4 is 11.3 Å². The number of rotatable bonds is 6. The number of imidazole rings is 1. The molecule has 8 heteroatoms. The average Bonchev–Trinajstić information content (AvgIpc) is 2.83. The predicted molar refractivity (Wildman–Crippen MR) is 74.2 cm³/mol. The summed E-state index contributed by atoms with van der Waals surface area (Å²) in [6.45, 7) is 6.57. The van der Waals surface area contributed by atoms with Gasteiger partial charge in [0, 0.05) is 13.2 Å². The van der Waals surface area contributed by atoms with E-state index < -0.39 is 5.79 Å². The van der Waals surface area contributed by atoms with E-state index in [0.717, 1.165) is 0 Å². The minimum absolute atomic E-state index is 0.0835. The second-order valence-corrected chi connectivity index (χ2v) is 4.46. The highest BCUT2D eigenvalue weighted by Gasteiger charge is 2.28. The van der Waals surface area contributed by atoms with E-state index in [1.807, 2.05) is 13.8 Å². The number of aromatic nitrogens is 4. The van der Waals surface area contributed by atoms with E-state index in [2.05, 4.69) is 15.0 Å². The number of H-pyrrole nitrogens is 1. The van der Waals surface area contributed by atoms with Crippen molar-refractivity contribution >= 4 is 17.1 Å². The van der Waals surface area contributed by atoms with Crippen LogP contribution in [-0.2, 0) is 16.0 Å². The molecule has 0 aliphatic heterocycles. The molecule has 0 aromatic carbocycles. The molecule has 110 valence electrons. The molecule has 2 aromatic heterocycles. The molecule has 0 spiro atoms. The van der Waals surface area contributed by atoms with Crippen molar-refractivity contribution in [3.8, 4) is 0 Å². The summed E-state index contributed by atoms with van der Waals surface area (Å²) in [7, 11) is 0. The number of hydrogen-bond donors (Lipinski definition) is 2. The molecule has 0 saturated carbocycles. The Balaban J connectivity index is 2.44. The maximum Gasteiger partial charge on any atom is 0.281 e. The molecule has 0 unspecified atom stereocenters. The normalized spacial score (nSPS) is 12.2. The predicted octanol–water partition coefficient (Wildman–Crippen LogP) is 0.491. The van der Waals surface area contributed by atoms with Crippen molar-refractivity contribution in [1.82, 2.24) is 19.5 Å². The Morgan fingerprint density at radius 2 is 2.05 bits per heavy atom. The summed E-state index contributed by atoms with van der Waals surface area (Å²) in [6.07, 6.45) is 1.41. The van der Waals surface area contributed by atoms with Gasteiger partial charge in [-0.15, -0.1) is 0 Å². The zero-order valence-corrected chi connectivity index (χ0v) is 11.8. The minimum atomic E-state index is -0.934. The molecule has 0 atom stereocenters. The molecule has 0 bridgehead atoms. The van der Waals surface area contributed by atoms with E-state index in [1.165, 1.54) is 10.9 Å². The Morgan fingerprint density at radius 1 is 1.40 bits per heavy atom. The van der Waals surface area contributed by atoms with Crippen LogP contribution in [0.3, 0.4) is 0 Å². The monoisotopic (exact) mass is 281 g/mol. The molecule has 2 rings (SSSR count). The van der Waals surface area contributed by atoms with Crippen LogP contribution in [0, 0.1) is 0 Å². The average molecular weight is 281 g/mol. The van der Waals surface area contributed by atoms with Crippen LogP contribution in [0.2, 0.25) is 0 Å². The van der Waals surface area contributed by atoms with Gasteiger partial charge in [0.05, 0.1) is 12.9 Å². The Bertz CT molecular complexity index is 642. The number of nitrogen functional groups attached to an aromatic ring is 1. The largest absolute Gasteiger partial charge is 0.369 e. The van der Waals surface area contributed by atoms with Gasteiger partial charge in [-0.1, -0.05) is 0 Å². The molecule has 0 amide bonds. The summed E-state index contributed by atoms with van der Waals surface area (Å²) in [5, 5.41) is 0. The van der Waals surface area contributed by atoms with Gasteiger partial charge in [0.2, 0.25) is 5.95 Å². The number of nitrogens with zero attached hydrogens (tertiary/aromatic N) is 3. The third-order valence-corrected chi connectivity index (χ3v) is 2.92. The van der Waals surface area contributed by atoms with Crippen LogP contribution in [0.4, 0.5) is 5.95 Å². The fourth-order valence-electron chi connectivity index (χ4n) is 2.12. The first-order chi connectivity index (χ1) is 9.50. The number of nitrogens with one attached hydrogen (secondary N) is 1. The van der Waals surface area contributed by atoms with Crippen molar-refractivity contribution in [2.75, 3.05) is 18.9 Å². The molecule has 0 saturated heterocycles. The lowest BCUT2D eigenvalue weighted by atomic mass is 10.3. The quantitative estimate of drug-likeness (QED) is 0.746. The molecule has 0 aliphatic carbocycles. The highest BCUT2D eigenvalue weighted by Crippen LogP contribution is 2.17. The second kappa shape index (κ2) is 5.59. The number of hydrogen-bond acceptors (Lipinski definition) is 6. The molecule has 3 N–H and O–H groups in total. The van der Waals surface area contributed by atoms with Gasteiger partial charge in [-0.2, -0.15) is 4.98 Å². The first-order valence-electron chi connectivity index (χ1n) is 6.48. The molecule has 8 nitrogen and oxygen atoms in total. The number of nitrogens with two attached hydrogens (primary N) is 1. The van der Waals surface area contributed by atoms with Crippen molar-refractivity contribution in [2.45, 2.75) is 33.1 Å². The van der Waals surface area contributed by atoms with Gasteiger partial charge in [-0.3, -0.25) is 9.36 Å². The zero-order valence-electron chi connectivity index (χ0n) is 11.8. The van der Waals surface area contributed by atoms with E-state index in [0.29, 0.717) is 24.4 Å². The number of aromatic amines is 1. The highest BCUT2D eigenvalue weighted by atomic mass is 16.7. The van der Waals surface area contributed by atoms with Crippen molar-refractivity contribution in [1.29, 1.82) is 0 Å². The maximum atomic E-state index is 12.4. The molecule has 2 aromatic rings. The third-order valence-electron chi connectivity index (χ3n) is 2.92. The number of ether oxygens (including phenoxy) is 2. The fourth-order valence-corrected chi connectivity index (χ4v) is 2.12. The van der Waals surface area contributed by atoms with Gasteiger partial charge < -0.3 is 20.2 Å². The maximum absolute atomic E-state index is 12.4. The SMILES string of the molecule is CCOC(C)(Cn1c(N)nc2nc[nH]c2c1=O)OCC. The lowest BCUT2D eigenvalue weighted by Gasteiger charge is -2.30. The van der Waals surface area contributed by atoms with Gasteiger partial charge in [-0.05, 0) is 20.8 Å². The Morgan fingerprint density at radius 3 is 2.65 bits per heavy atom. The van der Waals surface area contributed by atoms with E-state index in [4.69, 9.17) is 15.2 Å². The van der Waals surface area contributed by atoms with Gasteiger partial charge in [-0.25, -0.2) is 4.98 Å².